The van der Waals surface area contributed by atoms with Crippen LogP contribution in [0.5, 0.6) is 0 Å². The molecule has 6 heteroatoms. The summed E-state index contributed by atoms with van der Waals surface area (Å²) in [5, 5.41) is 10.6. The molecule has 0 bridgehead atoms. The summed E-state index contributed by atoms with van der Waals surface area (Å²) in [6, 6.07) is 13.2. The Morgan fingerprint density at radius 2 is 2.00 bits per heavy atom. The van der Waals surface area contributed by atoms with Crippen LogP contribution in [0.25, 0.3) is 5.69 Å². The van der Waals surface area contributed by atoms with Gasteiger partial charge >= 0.3 is 0 Å². The second-order valence-corrected chi connectivity index (χ2v) is 4.43. The third-order valence-corrected chi connectivity index (χ3v) is 2.92. The zero-order valence-corrected chi connectivity index (χ0v) is 11.2. The van der Waals surface area contributed by atoms with Gasteiger partial charge in [-0.2, -0.15) is 0 Å². The van der Waals surface area contributed by atoms with E-state index in [1.165, 1.54) is 0 Å². The van der Waals surface area contributed by atoms with Crippen molar-refractivity contribution in [3.8, 4) is 5.69 Å². The van der Waals surface area contributed by atoms with Gasteiger partial charge in [-0.1, -0.05) is 29.5 Å². The minimum atomic E-state index is -0.263. The van der Waals surface area contributed by atoms with Crippen molar-refractivity contribution in [2.45, 2.75) is 6.54 Å². The second kappa shape index (κ2) is 5.96. The van der Waals surface area contributed by atoms with Crippen molar-refractivity contribution in [3.05, 3.63) is 72.3 Å². The highest BCUT2D eigenvalue weighted by molar-refractivity contribution is 5.91. The smallest absolute Gasteiger partial charge is 0.273 e. The van der Waals surface area contributed by atoms with Gasteiger partial charge < -0.3 is 5.32 Å². The average molecular weight is 279 g/mol. The van der Waals surface area contributed by atoms with Crippen LogP contribution in [-0.2, 0) is 6.54 Å². The molecule has 0 aliphatic rings. The summed E-state index contributed by atoms with van der Waals surface area (Å²) in [5.41, 5.74) is 2.07. The number of para-hydroxylation sites is 1. The standard InChI is InChI=1S/C15H13N5O/c21-15(17-10-12-5-4-8-16-9-12)14-11-20(19-18-14)13-6-2-1-3-7-13/h1-9,11H,10H2,(H,17,21). The molecule has 0 aliphatic heterocycles. The maximum atomic E-state index is 12.0. The summed E-state index contributed by atoms with van der Waals surface area (Å²) in [4.78, 5) is 16.0. The van der Waals surface area contributed by atoms with Crippen LogP contribution in [0.2, 0.25) is 0 Å². The van der Waals surface area contributed by atoms with Crippen molar-refractivity contribution < 1.29 is 4.79 Å². The fourth-order valence-corrected chi connectivity index (χ4v) is 1.85. The van der Waals surface area contributed by atoms with E-state index in [2.05, 4.69) is 20.6 Å². The predicted molar refractivity (Wildman–Crippen MR) is 76.8 cm³/mol. The van der Waals surface area contributed by atoms with Crippen molar-refractivity contribution in [1.29, 1.82) is 0 Å². The monoisotopic (exact) mass is 279 g/mol. The van der Waals surface area contributed by atoms with Gasteiger partial charge in [0, 0.05) is 18.9 Å². The molecule has 3 aromatic rings. The molecule has 1 aromatic carbocycles. The number of carbonyl (C=O) groups is 1. The van der Waals surface area contributed by atoms with Crippen LogP contribution in [0.1, 0.15) is 16.1 Å². The van der Waals surface area contributed by atoms with Crippen molar-refractivity contribution in [2.24, 2.45) is 0 Å². The van der Waals surface area contributed by atoms with E-state index >= 15 is 0 Å². The zero-order valence-electron chi connectivity index (χ0n) is 11.2. The Hall–Kier alpha value is -3.02. The van der Waals surface area contributed by atoms with Crippen LogP contribution in [0.15, 0.2) is 61.1 Å². The fourth-order valence-electron chi connectivity index (χ4n) is 1.85. The third-order valence-electron chi connectivity index (χ3n) is 2.92. The molecule has 0 unspecified atom stereocenters. The van der Waals surface area contributed by atoms with E-state index in [0.29, 0.717) is 6.54 Å². The molecule has 21 heavy (non-hydrogen) atoms. The molecule has 0 radical (unpaired) electrons. The first-order valence-corrected chi connectivity index (χ1v) is 6.48. The minimum Gasteiger partial charge on any atom is -0.346 e. The molecular formula is C15H13N5O. The summed E-state index contributed by atoms with van der Waals surface area (Å²) in [5.74, 6) is -0.263. The highest BCUT2D eigenvalue weighted by atomic mass is 16.2. The van der Waals surface area contributed by atoms with Crippen LogP contribution in [0, 0.1) is 0 Å². The number of nitrogens with zero attached hydrogens (tertiary/aromatic N) is 4. The van der Waals surface area contributed by atoms with Gasteiger partial charge in [-0.3, -0.25) is 9.78 Å². The Morgan fingerprint density at radius 3 is 2.76 bits per heavy atom. The van der Waals surface area contributed by atoms with E-state index in [0.717, 1.165) is 11.3 Å². The van der Waals surface area contributed by atoms with Gasteiger partial charge in [-0.05, 0) is 23.8 Å². The molecule has 0 fully saturated rings. The van der Waals surface area contributed by atoms with Crippen LogP contribution in [0.3, 0.4) is 0 Å². The van der Waals surface area contributed by atoms with Gasteiger partial charge in [-0.25, -0.2) is 4.68 Å². The predicted octanol–water partition coefficient (Wildman–Crippen LogP) is 1.59. The lowest BCUT2D eigenvalue weighted by Crippen LogP contribution is -2.23. The van der Waals surface area contributed by atoms with Crippen molar-refractivity contribution in [2.75, 3.05) is 0 Å². The fraction of sp³-hybridized carbons (Fsp3) is 0.0667. The maximum absolute atomic E-state index is 12.0. The largest absolute Gasteiger partial charge is 0.346 e. The normalized spacial score (nSPS) is 10.3. The molecule has 1 amide bonds. The van der Waals surface area contributed by atoms with E-state index in [-0.39, 0.29) is 11.6 Å². The molecule has 2 aromatic heterocycles. The molecule has 1 N–H and O–H groups in total. The number of hydrogen-bond acceptors (Lipinski definition) is 4. The van der Waals surface area contributed by atoms with Gasteiger partial charge in [0.1, 0.15) is 0 Å². The Bertz CT molecular complexity index is 724. The first kappa shape index (κ1) is 13.0. The third kappa shape index (κ3) is 3.11. The Kier molecular flexibility index (Phi) is 3.68. The molecule has 0 saturated carbocycles. The number of rotatable bonds is 4. The summed E-state index contributed by atoms with van der Waals surface area (Å²) >= 11 is 0. The molecule has 104 valence electrons. The van der Waals surface area contributed by atoms with Crippen LogP contribution >= 0.6 is 0 Å². The number of benzene rings is 1. The minimum absolute atomic E-state index is 0.263. The molecule has 0 spiro atoms. The lowest BCUT2D eigenvalue weighted by atomic mass is 10.3. The molecule has 0 atom stereocenters. The molecule has 6 nitrogen and oxygen atoms in total. The van der Waals surface area contributed by atoms with Crippen molar-refractivity contribution >= 4 is 5.91 Å². The summed E-state index contributed by atoms with van der Waals surface area (Å²) in [6.07, 6.45) is 5.01. The first-order valence-electron chi connectivity index (χ1n) is 6.48. The van der Waals surface area contributed by atoms with Crippen molar-refractivity contribution in [1.82, 2.24) is 25.3 Å². The van der Waals surface area contributed by atoms with Crippen LogP contribution < -0.4 is 5.32 Å². The maximum Gasteiger partial charge on any atom is 0.273 e. The zero-order chi connectivity index (χ0) is 14.5. The van der Waals surface area contributed by atoms with E-state index in [1.807, 2.05) is 42.5 Å². The second-order valence-electron chi connectivity index (χ2n) is 4.43. The van der Waals surface area contributed by atoms with Crippen LogP contribution in [0.4, 0.5) is 0 Å². The topological polar surface area (TPSA) is 72.7 Å². The molecule has 0 aliphatic carbocycles. The lowest BCUT2D eigenvalue weighted by Gasteiger charge is -2.02. The molecule has 0 saturated heterocycles. The number of amides is 1. The van der Waals surface area contributed by atoms with E-state index in [4.69, 9.17) is 0 Å². The first-order chi connectivity index (χ1) is 10.3. The number of pyridine rings is 1. The van der Waals surface area contributed by atoms with E-state index in [9.17, 15) is 4.79 Å². The number of aromatic nitrogens is 4. The van der Waals surface area contributed by atoms with Gasteiger partial charge in [0.05, 0.1) is 11.9 Å². The number of nitrogens with one attached hydrogen (secondary N) is 1. The summed E-state index contributed by atoms with van der Waals surface area (Å²) < 4.78 is 1.57. The SMILES string of the molecule is O=C(NCc1cccnc1)c1cn(-c2ccccc2)nn1. The highest BCUT2D eigenvalue weighted by Crippen LogP contribution is 2.05. The molecule has 3 rings (SSSR count). The lowest BCUT2D eigenvalue weighted by molar-refractivity contribution is 0.0946. The van der Waals surface area contributed by atoms with E-state index in [1.54, 1.807) is 23.3 Å². The molecule has 2 heterocycles. The van der Waals surface area contributed by atoms with Gasteiger partial charge in [0.25, 0.3) is 5.91 Å². The Labute approximate surface area is 121 Å². The number of carbonyl (C=O) groups excluding carboxylic acids is 1. The van der Waals surface area contributed by atoms with Crippen LogP contribution in [-0.4, -0.2) is 25.9 Å². The highest BCUT2D eigenvalue weighted by Gasteiger charge is 2.11. The Morgan fingerprint density at radius 1 is 1.14 bits per heavy atom. The van der Waals surface area contributed by atoms with Gasteiger partial charge in [0.15, 0.2) is 5.69 Å². The summed E-state index contributed by atoms with van der Waals surface area (Å²) in [7, 11) is 0. The van der Waals surface area contributed by atoms with Gasteiger partial charge in [0.2, 0.25) is 0 Å². The summed E-state index contributed by atoms with van der Waals surface area (Å²) in [6.45, 7) is 0.408. The van der Waals surface area contributed by atoms with Gasteiger partial charge in [-0.15, -0.1) is 5.10 Å². The quantitative estimate of drug-likeness (QED) is 0.787. The van der Waals surface area contributed by atoms with Crippen molar-refractivity contribution in [3.63, 3.8) is 0 Å². The number of hydrogen-bond donors (Lipinski definition) is 1. The molecular weight excluding hydrogens is 266 g/mol. The van der Waals surface area contributed by atoms with E-state index < -0.39 is 0 Å². The average Bonchev–Trinajstić information content (AvgIpc) is 3.04. The Balaban J connectivity index is 1.67.